The number of aromatic nitrogens is 2. The fourth-order valence-corrected chi connectivity index (χ4v) is 6.57. The third-order valence-corrected chi connectivity index (χ3v) is 8.68. The van der Waals surface area contributed by atoms with E-state index in [0.29, 0.717) is 31.5 Å². The SMILES string of the molecule is CCOc1cc(C2C(C(=O)c3ccc(C)o3)=C(O)C(=O)N2c2nnc(SCc3ccc(Cl)cc3Cl)s2)ccc1O. The number of aromatic hydroxyl groups is 1. The normalized spacial score (nSPS) is 15.2. The van der Waals surface area contributed by atoms with Crippen molar-refractivity contribution in [1.29, 1.82) is 0 Å². The first-order valence-corrected chi connectivity index (χ1v) is 14.5. The number of Topliss-reactive ketones (excluding diaryl/α,β-unsaturated/α-hetero) is 1. The Bertz CT molecular complexity index is 1650. The average molecular weight is 619 g/mol. The third kappa shape index (κ3) is 5.42. The van der Waals surface area contributed by atoms with E-state index < -0.39 is 23.5 Å². The summed E-state index contributed by atoms with van der Waals surface area (Å²) in [7, 11) is 0. The molecule has 0 saturated carbocycles. The molecule has 4 aromatic rings. The van der Waals surface area contributed by atoms with Gasteiger partial charge < -0.3 is 19.4 Å². The van der Waals surface area contributed by atoms with Crippen molar-refractivity contribution in [3.63, 3.8) is 0 Å². The summed E-state index contributed by atoms with van der Waals surface area (Å²) in [5.74, 6) is -1.22. The van der Waals surface area contributed by atoms with Crippen molar-refractivity contribution in [1.82, 2.24) is 10.2 Å². The van der Waals surface area contributed by atoms with Gasteiger partial charge in [-0.2, -0.15) is 0 Å². The minimum Gasteiger partial charge on any atom is -0.504 e. The topological polar surface area (TPSA) is 126 Å². The first-order chi connectivity index (χ1) is 19.2. The summed E-state index contributed by atoms with van der Waals surface area (Å²) in [5, 5.41) is 30.8. The van der Waals surface area contributed by atoms with E-state index in [9.17, 15) is 19.8 Å². The van der Waals surface area contributed by atoms with Gasteiger partial charge in [0.25, 0.3) is 5.91 Å². The molecule has 13 heteroatoms. The van der Waals surface area contributed by atoms with Crippen LogP contribution in [-0.4, -0.2) is 38.7 Å². The minimum atomic E-state index is -1.10. The van der Waals surface area contributed by atoms with Gasteiger partial charge in [-0.25, -0.2) is 0 Å². The van der Waals surface area contributed by atoms with E-state index in [2.05, 4.69) is 10.2 Å². The highest BCUT2D eigenvalue weighted by Gasteiger charge is 2.47. The third-order valence-electron chi connectivity index (χ3n) is 5.98. The van der Waals surface area contributed by atoms with Gasteiger partial charge in [0, 0.05) is 15.8 Å². The highest BCUT2D eigenvalue weighted by molar-refractivity contribution is 8.00. The van der Waals surface area contributed by atoms with Crippen LogP contribution in [0.1, 0.15) is 40.4 Å². The Morgan fingerprint density at radius 2 is 1.95 bits per heavy atom. The van der Waals surface area contributed by atoms with Gasteiger partial charge in [0.2, 0.25) is 10.9 Å². The molecule has 2 N–H and O–H groups in total. The molecule has 0 radical (unpaired) electrons. The molecular weight excluding hydrogens is 597 g/mol. The van der Waals surface area contributed by atoms with Crippen LogP contribution in [0, 0.1) is 6.92 Å². The number of anilines is 1. The first-order valence-electron chi connectivity index (χ1n) is 11.9. The van der Waals surface area contributed by atoms with Crippen molar-refractivity contribution in [3.8, 4) is 11.5 Å². The van der Waals surface area contributed by atoms with Crippen LogP contribution in [-0.2, 0) is 10.5 Å². The lowest BCUT2D eigenvalue weighted by Crippen LogP contribution is -2.31. The number of hydrogen-bond acceptors (Lipinski definition) is 10. The second kappa shape index (κ2) is 11.5. The smallest absolute Gasteiger partial charge is 0.296 e. The van der Waals surface area contributed by atoms with E-state index >= 15 is 0 Å². The van der Waals surface area contributed by atoms with Gasteiger partial charge in [-0.1, -0.05) is 58.4 Å². The number of phenolic OH excluding ortho intramolecular Hbond substituents is 1. The summed E-state index contributed by atoms with van der Waals surface area (Å²) in [6.07, 6.45) is 0. The lowest BCUT2D eigenvalue weighted by molar-refractivity contribution is -0.117. The van der Waals surface area contributed by atoms with Crippen molar-refractivity contribution in [2.24, 2.45) is 0 Å². The second-order valence-electron chi connectivity index (χ2n) is 8.61. The molecule has 9 nitrogen and oxygen atoms in total. The molecule has 2 aromatic carbocycles. The molecule has 1 amide bonds. The molecule has 3 heterocycles. The molecule has 0 spiro atoms. The van der Waals surface area contributed by atoms with Crippen molar-refractivity contribution >= 4 is 63.1 Å². The lowest BCUT2D eigenvalue weighted by Gasteiger charge is -2.24. The van der Waals surface area contributed by atoms with Crippen LogP contribution in [0.4, 0.5) is 5.13 Å². The molecular formula is C27H21Cl2N3O6S2. The fraction of sp³-hybridized carbons (Fsp3) is 0.185. The van der Waals surface area contributed by atoms with Crippen molar-refractivity contribution in [3.05, 3.63) is 92.6 Å². The zero-order chi connectivity index (χ0) is 28.6. The van der Waals surface area contributed by atoms with E-state index in [1.807, 2.05) is 6.07 Å². The Kier molecular flexibility index (Phi) is 8.09. The van der Waals surface area contributed by atoms with Gasteiger partial charge in [0.05, 0.1) is 18.2 Å². The van der Waals surface area contributed by atoms with Crippen molar-refractivity contribution in [2.75, 3.05) is 11.5 Å². The molecule has 1 aliphatic rings. The van der Waals surface area contributed by atoms with Crippen LogP contribution in [0.15, 0.2) is 68.6 Å². The number of ether oxygens (including phenoxy) is 1. The van der Waals surface area contributed by atoms with Crippen LogP contribution < -0.4 is 9.64 Å². The van der Waals surface area contributed by atoms with Gasteiger partial charge in [0.15, 0.2) is 27.4 Å². The standard InChI is InChI=1S/C27H21Cl2N3O6S2/c1-3-37-20-10-14(6-8-18(20)33)22-21(23(34)19-9-4-13(2)38-19)24(35)25(36)32(22)26-30-31-27(40-26)39-12-15-5-7-16(28)11-17(15)29/h4-11,22,33,35H,3,12H2,1-2H3. The maximum absolute atomic E-state index is 13.5. The maximum Gasteiger partial charge on any atom is 0.296 e. The Hall–Kier alpha value is -3.51. The van der Waals surface area contributed by atoms with Gasteiger partial charge in [-0.05, 0) is 61.4 Å². The molecule has 40 heavy (non-hydrogen) atoms. The van der Waals surface area contributed by atoms with Gasteiger partial charge >= 0.3 is 0 Å². The summed E-state index contributed by atoms with van der Waals surface area (Å²) in [6, 6.07) is 11.7. The molecule has 5 rings (SSSR count). The van der Waals surface area contributed by atoms with Crippen LogP contribution in [0.25, 0.3) is 0 Å². The number of aliphatic hydroxyl groups is 1. The predicted octanol–water partition coefficient (Wildman–Crippen LogP) is 6.93. The first kappa shape index (κ1) is 28.0. The lowest BCUT2D eigenvalue weighted by atomic mass is 9.95. The van der Waals surface area contributed by atoms with Crippen LogP contribution in [0.2, 0.25) is 10.0 Å². The molecule has 2 aromatic heterocycles. The monoisotopic (exact) mass is 617 g/mol. The number of ketones is 1. The fourth-order valence-electron chi connectivity index (χ4n) is 4.15. The molecule has 1 atom stereocenters. The quantitative estimate of drug-likeness (QED) is 0.117. The Morgan fingerprint density at radius 3 is 2.65 bits per heavy atom. The summed E-state index contributed by atoms with van der Waals surface area (Å²) < 4.78 is 11.6. The predicted molar refractivity (Wildman–Crippen MR) is 153 cm³/mol. The summed E-state index contributed by atoms with van der Waals surface area (Å²) >= 11 is 14.7. The van der Waals surface area contributed by atoms with Gasteiger partial charge in [0.1, 0.15) is 5.76 Å². The van der Waals surface area contributed by atoms with Crippen LogP contribution in [0.3, 0.4) is 0 Å². The van der Waals surface area contributed by atoms with E-state index in [0.717, 1.165) is 16.9 Å². The number of benzene rings is 2. The minimum absolute atomic E-state index is 0.0316. The van der Waals surface area contributed by atoms with Crippen LogP contribution >= 0.6 is 46.3 Å². The number of amides is 1. The molecule has 206 valence electrons. The number of aliphatic hydroxyl groups excluding tert-OH is 1. The number of furan rings is 1. The molecule has 0 bridgehead atoms. The molecule has 1 aliphatic heterocycles. The average Bonchev–Trinajstić information content (AvgIpc) is 3.63. The number of nitrogens with zero attached hydrogens (tertiary/aromatic N) is 3. The van der Waals surface area contributed by atoms with E-state index in [4.69, 9.17) is 32.4 Å². The van der Waals surface area contributed by atoms with E-state index in [1.165, 1.54) is 34.9 Å². The number of thioether (sulfide) groups is 1. The van der Waals surface area contributed by atoms with Crippen LogP contribution in [0.5, 0.6) is 11.5 Å². The number of phenols is 1. The Labute approximate surface area is 247 Å². The summed E-state index contributed by atoms with van der Waals surface area (Å²) in [5.41, 5.74) is 1.06. The Balaban J connectivity index is 1.52. The molecule has 0 fully saturated rings. The highest BCUT2D eigenvalue weighted by Crippen LogP contribution is 2.45. The summed E-state index contributed by atoms with van der Waals surface area (Å²) in [6.45, 7) is 3.72. The molecule has 0 saturated heterocycles. The number of aryl methyl sites for hydroxylation is 1. The second-order valence-corrected chi connectivity index (χ2v) is 11.6. The number of carbonyl (C=O) groups excluding carboxylic acids is 2. The van der Waals surface area contributed by atoms with Crippen molar-refractivity contribution < 1.29 is 29.0 Å². The zero-order valence-electron chi connectivity index (χ0n) is 21.1. The number of hydrogen-bond donors (Lipinski definition) is 2. The maximum atomic E-state index is 13.5. The largest absolute Gasteiger partial charge is 0.504 e. The van der Waals surface area contributed by atoms with Crippen molar-refractivity contribution in [2.45, 2.75) is 30.0 Å². The highest BCUT2D eigenvalue weighted by atomic mass is 35.5. The number of carbonyl (C=O) groups is 2. The number of halogens is 2. The van der Waals surface area contributed by atoms with E-state index in [-0.39, 0.29) is 34.6 Å². The van der Waals surface area contributed by atoms with Gasteiger partial charge in [-0.15, -0.1) is 10.2 Å². The number of rotatable bonds is 9. The Morgan fingerprint density at radius 1 is 1.15 bits per heavy atom. The summed E-state index contributed by atoms with van der Waals surface area (Å²) in [4.78, 5) is 28.2. The molecule has 1 unspecified atom stereocenters. The molecule has 0 aliphatic carbocycles. The zero-order valence-corrected chi connectivity index (χ0v) is 24.2. The van der Waals surface area contributed by atoms with E-state index in [1.54, 1.807) is 38.1 Å². The van der Waals surface area contributed by atoms with Gasteiger partial charge in [-0.3, -0.25) is 14.5 Å².